The Labute approximate surface area is 114 Å². The largest absolute Gasteiger partial charge is 0.378 e. The summed E-state index contributed by atoms with van der Waals surface area (Å²) in [6, 6.07) is 10.3. The maximum absolute atomic E-state index is 10.1. The van der Waals surface area contributed by atoms with E-state index < -0.39 is 5.60 Å². The van der Waals surface area contributed by atoms with E-state index in [0.29, 0.717) is 13.2 Å². The minimum absolute atomic E-state index is 0.364. The number of thiazole rings is 1. The Kier molecular flexibility index (Phi) is 3.39. The normalized spacial score (nSPS) is 17.4. The minimum Gasteiger partial charge on any atom is -0.378 e. The molecule has 0 saturated carbocycles. The van der Waals surface area contributed by atoms with Gasteiger partial charge in [-0.1, -0.05) is 30.3 Å². The van der Waals surface area contributed by atoms with E-state index in [1.807, 2.05) is 24.4 Å². The first-order chi connectivity index (χ1) is 8.76. The lowest BCUT2D eigenvalue weighted by Crippen LogP contribution is -2.46. The molecule has 2 aromatic rings. The van der Waals surface area contributed by atoms with Crippen molar-refractivity contribution < 1.29 is 9.84 Å². The van der Waals surface area contributed by atoms with E-state index in [2.05, 4.69) is 17.1 Å². The van der Waals surface area contributed by atoms with Gasteiger partial charge < -0.3 is 9.84 Å². The van der Waals surface area contributed by atoms with Crippen molar-refractivity contribution in [1.29, 1.82) is 0 Å². The minimum atomic E-state index is -0.837. The number of hydrogen-bond donors (Lipinski definition) is 1. The van der Waals surface area contributed by atoms with Gasteiger partial charge in [0.2, 0.25) is 0 Å². The molecule has 0 spiro atoms. The second-order valence-electron chi connectivity index (χ2n) is 4.28. The van der Waals surface area contributed by atoms with Crippen LogP contribution in [0.25, 0.3) is 0 Å². The number of aliphatic hydroxyl groups is 1. The monoisotopic (exact) mass is 279 g/mol. The molecule has 1 N–H and O–H groups in total. The van der Waals surface area contributed by atoms with Gasteiger partial charge in [0.15, 0.2) is 5.60 Å². The lowest BCUT2D eigenvalue weighted by Gasteiger charge is -2.34. The van der Waals surface area contributed by atoms with E-state index in [9.17, 15) is 5.11 Å². The molecule has 94 valence electrons. The van der Waals surface area contributed by atoms with Gasteiger partial charge in [-0.15, -0.1) is 23.1 Å². The molecule has 18 heavy (non-hydrogen) atoms. The van der Waals surface area contributed by atoms with Crippen molar-refractivity contribution >= 4 is 23.1 Å². The predicted octanol–water partition coefficient (Wildman–Crippen LogP) is 2.65. The molecular weight excluding hydrogens is 266 g/mol. The summed E-state index contributed by atoms with van der Waals surface area (Å²) in [5.41, 5.74) is 0.457. The summed E-state index contributed by atoms with van der Waals surface area (Å²) in [5, 5.41) is 10.9. The predicted molar refractivity (Wildman–Crippen MR) is 72.8 cm³/mol. The van der Waals surface area contributed by atoms with Crippen LogP contribution in [0.2, 0.25) is 0 Å². The zero-order valence-electron chi connectivity index (χ0n) is 9.70. The van der Waals surface area contributed by atoms with Crippen molar-refractivity contribution in [3.8, 4) is 0 Å². The summed E-state index contributed by atoms with van der Waals surface area (Å²) in [5.74, 6) is 0.928. The Hall–Kier alpha value is -0.880. The van der Waals surface area contributed by atoms with Crippen LogP contribution >= 0.6 is 23.1 Å². The number of hydrogen-bond acceptors (Lipinski definition) is 5. The zero-order valence-corrected chi connectivity index (χ0v) is 11.3. The van der Waals surface area contributed by atoms with Crippen molar-refractivity contribution in [3.05, 3.63) is 47.1 Å². The molecule has 0 bridgehead atoms. The van der Waals surface area contributed by atoms with Crippen LogP contribution in [-0.2, 0) is 16.1 Å². The zero-order chi connectivity index (χ0) is 12.4. The molecule has 1 aliphatic rings. The van der Waals surface area contributed by atoms with Crippen LogP contribution in [0.15, 0.2) is 40.7 Å². The smallest absolute Gasteiger partial charge is 0.162 e. The lowest BCUT2D eigenvalue weighted by atomic mass is 10.0. The highest BCUT2D eigenvalue weighted by Crippen LogP contribution is 2.36. The van der Waals surface area contributed by atoms with E-state index in [1.54, 1.807) is 23.1 Å². The molecule has 1 aromatic heterocycles. The highest BCUT2D eigenvalue weighted by molar-refractivity contribution is 8.00. The van der Waals surface area contributed by atoms with Crippen LogP contribution in [0.1, 0.15) is 10.6 Å². The van der Waals surface area contributed by atoms with Crippen LogP contribution in [0.3, 0.4) is 0 Å². The van der Waals surface area contributed by atoms with Gasteiger partial charge in [0, 0.05) is 5.75 Å². The van der Waals surface area contributed by atoms with E-state index in [0.717, 1.165) is 15.0 Å². The summed E-state index contributed by atoms with van der Waals surface area (Å²) in [4.78, 5) is 4.29. The van der Waals surface area contributed by atoms with Crippen molar-refractivity contribution in [1.82, 2.24) is 4.98 Å². The third kappa shape index (κ3) is 2.44. The van der Waals surface area contributed by atoms with Crippen molar-refractivity contribution in [2.24, 2.45) is 0 Å². The molecule has 5 heteroatoms. The first-order valence-electron chi connectivity index (χ1n) is 5.69. The molecule has 1 aliphatic heterocycles. The average Bonchev–Trinajstić information content (AvgIpc) is 2.84. The molecule has 0 atom stereocenters. The molecule has 3 nitrogen and oxygen atoms in total. The molecule has 2 heterocycles. The molecule has 0 aliphatic carbocycles. The Bertz CT molecular complexity index is 523. The standard InChI is InChI=1S/C13H13NO2S2/c15-13(8-16-9-13)12-14-6-11(18-12)17-7-10-4-2-1-3-5-10/h1-6,15H,7-9H2. The van der Waals surface area contributed by atoms with Gasteiger partial charge in [0.05, 0.1) is 23.6 Å². The number of benzene rings is 1. The summed E-state index contributed by atoms with van der Waals surface area (Å²) >= 11 is 3.31. The van der Waals surface area contributed by atoms with Gasteiger partial charge in [-0.25, -0.2) is 4.98 Å². The van der Waals surface area contributed by atoms with Gasteiger partial charge in [-0.05, 0) is 5.56 Å². The number of aromatic nitrogens is 1. The summed E-state index contributed by atoms with van der Waals surface area (Å²) < 4.78 is 6.17. The molecule has 1 aromatic carbocycles. The van der Waals surface area contributed by atoms with E-state index >= 15 is 0 Å². The fourth-order valence-electron chi connectivity index (χ4n) is 1.69. The third-order valence-corrected chi connectivity index (χ3v) is 5.24. The van der Waals surface area contributed by atoms with Crippen LogP contribution in [0.5, 0.6) is 0 Å². The van der Waals surface area contributed by atoms with Crippen molar-refractivity contribution in [3.63, 3.8) is 0 Å². The quantitative estimate of drug-likeness (QED) is 0.874. The van der Waals surface area contributed by atoms with Crippen LogP contribution in [0, 0.1) is 0 Å². The van der Waals surface area contributed by atoms with Crippen LogP contribution in [-0.4, -0.2) is 23.3 Å². The maximum atomic E-state index is 10.1. The fourth-order valence-corrected chi connectivity index (χ4v) is 3.68. The SMILES string of the molecule is OC1(c2ncc(SCc3ccccc3)s2)COC1. The topological polar surface area (TPSA) is 42.4 Å². The van der Waals surface area contributed by atoms with Crippen molar-refractivity contribution in [2.45, 2.75) is 15.6 Å². The molecule has 3 rings (SSSR count). The second kappa shape index (κ2) is 5.01. The summed E-state index contributed by atoms with van der Waals surface area (Å²) in [6.07, 6.45) is 1.84. The molecule has 0 radical (unpaired) electrons. The second-order valence-corrected chi connectivity index (χ2v) is 6.59. The van der Waals surface area contributed by atoms with Gasteiger partial charge in [-0.2, -0.15) is 0 Å². The number of ether oxygens (including phenoxy) is 1. The first-order valence-corrected chi connectivity index (χ1v) is 7.50. The Morgan fingerprint density at radius 2 is 2.11 bits per heavy atom. The number of rotatable bonds is 4. The summed E-state index contributed by atoms with van der Waals surface area (Å²) in [6.45, 7) is 0.729. The number of thioether (sulfide) groups is 1. The highest BCUT2D eigenvalue weighted by atomic mass is 32.2. The van der Waals surface area contributed by atoms with E-state index in [4.69, 9.17) is 4.74 Å². The average molecular weight is 279 g/mol. The molecule has 1 fully saturated rings. The third-order valence-electron chi connectivity index (χ3n) is 2.79. The van der Waals surface area contributed by atoms with Gasteiger partial charge >= 0.3 is 0 Å². The number of nitrogens with zero attached hydrogens (tertiary/aromatic N) is 1. The van der Waals surface area contributed by atoms with Crippen molar-refractivity contribution in [2.75, 3.05) is 13.2 Å². The summed E-state index contributed by atoms with van der Waals surface area (Å²) in [7, 11) is 0. The van der Waals surface area contributed by atoms with Gasteiger partial charge in [0.25, 0.3) is 0 Å². The maximum Gasteiger partial charge on any atom is 0.162 e. The highest BCUT2D eigenvalue weighted by Gasteiger charge is 2.40. The molecule has 0 amide bonds. The van der Waals surface area contributed by atoms with E-state index in [-0.39, 0.29) is 0 Å². The molecule has 1 saturated heterocycles. The molecular formula is C13H13NO2S2. The Morgan fingerprint density at radius 1 is 1.33 bits per heavy atom. The Morgan fingerprint density at radius 3 is 2.78 bits per heavy atom. The van der Waals surface area contributed by atoms with Crippen LogP contribution in [0.4, 0.5) is 0 Å². The Balaban J connectivity index is 1.64. The van der Waals surface area contributed by atoms with Gasteiger partial charge in [-0.3, -0.25) is 0 Å². The molecule has 0 unspecified atom stereocenters. The van der Waals surface area contributed by atoms with Crippen LogP contribution < -0.4 is 0 Å². The first kappa shape index (κ1) is 12.2. The van der Waals surface area contributed by atoms with E-state index in [1.165, 1.54) is 5.56 Å². The lowest BCUT2D eigenvalue weighted by molar-refractivity contribution is -0.184. The van der Waals surface area contributed by atoms with Gasteiger partial charge in [0.1, 0.15) is 5.01 Å². The fraction of sp³-hybridized carbons (Fsp3) is 0.308.